The molecule has 8 heteroatoms. The third-order valence-electron chi connectivity index (χ3n) is 4.53. The molecule has 1 N–H and O–H groups in total. The fraction of sp³-hybridized carbons (Fsp3) is 0.130. The second-order valence-corrected chi connectivity index (χ2v) is 7.75. The number of carbonyl (C=O) groups is 1. The fourth-order valence-electron chi connectivity index (χ4n) is 3.12. The van der Waals surface area contributed by atoms with Gasteiger partial charge in [0.05, 0.1) is 11.5 Å². The van der Waals surface area contributed by atoms with E-state index >= 15 is 0 Å². The number of benzene rings is 2. The SMILES string of the molecule is COCc1c(C(=O)NCc2ccc(Oc3cccc(F)c3)nc2)sc2cccc(F)c12. The van der Waals surface area contributed by atoms with Gasteiger partial charge < -0.3 is 14.8 Å². The van der Waals surface area contributed by atoms with Crippen LogP contribution in [0.1, 0.15) is 20.8 Å². The minimum Gasteiger partial charge on any atom is -0.439 e. The zero-order chi connectivity index (χ0) is 21.8. The number of methoxy groups -OCH3 is 1. The Balaban J connectivity index is 1.45. The molecule has 4 aromatic rings. The van der Waals surface area contributed by atoms with Gasteiger partial charge in [-0.2, -0.15) is 0 Å². The Bertz CT molecular complexity index is 1230. The van der Waals surface area contributed by atoms with Gasteiger partial charge in [0.25, 0.3) is 5.91 Å². The highest BCUT2D eigenvalue weighted by molar-refractivity contribution is 7.21. The molecule has 0 spiro atoms. The molecule has 5 nitrogen and oxygen atoms in total. The maximum absolute atomic E-state index is 14.3. The highest BCUT2D eigenvalue weighted by atomic mass is 32.1. The van der Waals surface area contributed by atoms with E-state index in [1.165, 1.54) is 36.6 Å². The van der Waals surface area contributed by atoms with E-state index in [0.717, 1.165) is 5.56 Å². The van der Waals surface area contributed by atoms with Gasteiger partial charge in [0, 0.05) is 47.6 Å². The molecule has 0 aliphatic heterocycles. The number of pyridine rings is 1. The van der Waals surface area contributed by atoms with Gasteiger partial charge in [-0.15, -0.1) is 11.3 Å². The van der Waals surface area contributed by atoms with E-state index in [9.17, 15) is 13.6 Å². The van der Waals surface area contributed by atoms with Crippen molar-refractivity contribution < 1.29 is 23.0 Å². The van der Waals surface area contributed by atoms with Crippen LogP contribution in [0.5, 0.6) is 11.6 Å². The number of nitrogens with zero attached hydrogens (tertiary/aromatic N) is 1. The van der Waals surface area contributed by atoms with E-state index in [0.29, 0.717) is 32.2 Å². The summed E-state index contributed by atoms with van der Waals surface area (Å²) in [4.78, 5) is 17.4. The van der Waals surface area contributed by atoms with Gasteiger partial charge in [0.1, 0.15) is 17.4 Å². The van der Waals surface area contributed by atoms with E-state index in [2.05, 4.69) is 10.3 Å². The Morgan fingerprint density at radius 3 is 2.71 bits per heavy atom. The third kappa shape index (κ3) is 4.70. The maximum atomic E-state index is 14.3. The van der Waals surface area contributed by atoms with E-state index in [-0.39, 0.29) is 24.9 Å². The Labute approximate surface area is 181 Å². The van der Waals surface area contributed by atoms with Crippen LogP contribution in [0.15, 0.2) is 60.8 Å². The fourth-order valence-corrected chi connectivity index (χ4v) is 4.26. The first-order valence-electron chi connectivity index (χ1n) is 9.40. The topological polar surface area (TPSA) is 60.5 Å². The smallest absolute Gasteiger partial charge is 0.262 e. The number of halogens is 2. The quantitative estimate of drug-likeness (QED) is 0.416. The molecule has 0 aliphatic rings. The largest absolute Gasteiger partial charge is 0.439 e. The van der Waals surface area contributed by atoms with Crippen LogP contribution in [-0.4, -0.2) is 18.0 Å². The minimum atomic E-state index is -0.397. The molecule has 0 aliphatic carbocycles. The molecule has 31 heavy (non-hydrogen) atoms. The molecular formula is C23H18F2N2O3S. The van der Waals surface area contributed by atoms with Crippen molar-refractivity contribution >= 4 is 27.3 Å². The summed E-state index contributed by atoms with van der Waals surface area (Å²) in [6, 6.07) is 13.9. The number of carbonyl (C=O) groups excluding carboxylic acids is 1. The first kappa shape index (κ1) is 20.9. The van der Waals surface area contributed by atoms with Crippen LogP contribution in [0.25, 0.3) is 10.1 Å². The summed E-state index contributed by atoms with van der Waals surface area (Å²) in [5.41, 5.74) is 1.29. The molecule has 158 valence electrons. The molecule has 1 amide bonds. The van der Waals surface area contributed by atoms with Gasteiger partial charge in [-0.05, 0) is 29.8 Å². The standard InChI is InChI=1S/C23H18F2N2O3S/c1-29-13-17-21-18(25)6-3-7-19(21)31-22(17)23(28)27-12-14-8-9-20(26-11-14)30-16-5-2-4-15(24)10-16/h2-11H,12-13H2,1H3,(H,27,28). The summed E-state index contributed by atoms with van der Waals surface area (Å²) in [5, 5.41) is 3.25. The highest BCUT2D eigenvalue weighted by Gasteiger charge is 2.20. The predicted octanol–water partition coefficient (Wildman–Crippen LogP) is 5.44. The van der Waals surface area contributed by atoms with Crippen LogP contribution < -0.4 is 10.1 Å². The van der Waals surface area contributed by atoms with Gasteiger partial charge in [0.15, 0.2) is 0 Å². The molecule has 0 unspecified atom stereocenters. The first-order valence-corrected chi connectivity index (χ1v) is 10.2. The zero-order valence-electron chi connectivity index (χ0n) is 16.5. The molecule has 2 aromatic carbocycles. The average Bonchev–Trinajstić information content (AvgIpc) is 3.13. The van der Waals surface area contributed by atoms with E-state index in [1.54, 1.807) is 42.6 Å². The Hall–Kier alpha value is -3.36. The summed E-state index contributed by atoms with van der Waals surface area (Å²) in [7, 11) is 1.51. The van der Waals surface area contributed by atoms with Gasteiger partial charge in [-0.1, -0.05) is 18.2 Å². The first-order chi connectivity index (χ1) is 15.0. The number of hydrogen-bond acceptors (Lipinski definition) is 5. The van der Waals surface area contributed by atoms with Crippen molar-refractivity contribution in [3.05, 3.63) is 88.4 Å². The van der Waals surface area contributed by atoms with Crippen LogP contribution in [0.3, 0.4) is 0 Å². The van der Waals surface area contributed by atoms with Gasteiger partial charge in [0.2, 0.25) is 5.88 Å². The Morgan fingerprint density at radius 2 is 1.97 bits per heavy atom. The lowest BCUT2D eigenvalue weighted by molar-refractivity contribution is 0.0950. The van der Waals surface area contributed by atoms with Crippen LogP contribution in [0.4, 0.5) is 8.78 Å². The molecule has 0 radical (unpaired) electrons. The number of thiophene rings is 1. The van der Waals surface area contributed by atoms with Crippen LogP contribution >= 0.6 is 11.3 Å². The summed E-state index contributed by atoms with van der Waals surface area (Å²) in [6.07, 6.45) is 1.57. The number of rotatable bonds is 7. The van der Waals surface area contributed by atoms with E-state index in [4.69, 9.17) is 9.47 Å². The second kappa shape index (κ2) is 9.20. The number of ether oxygens (including phenoxy) is 2. The molecule has 0 atom stereocenters. The summed E-state index contributed by atoms with van der Waals surface area (Å²) >= 11 is 1.23. The summed E-state index contributed by atoms with van der Waals surface area (Å²) in [6.45, 7) is 0.368. The van der Waals surface area contributed by atoms with Crippen molar-refractivity contribution in [1.82, 2.24) is 10.3 Å². The van der Waals surface area contributed by atoms with Gasteiger partial charge >= 0.3 is 0 Å². The number of aromatic nitrogens is 1. The number of hydrogen-bond donors (Lipinski definition) is 1. The van der Waals surface area contributed by atoms with Crippen LogP contribution in [0.2, 0.25) is 0 Å². The lowest BCUT2D eigenvalue weighted by atomic mass is 10.1. The Kier molecular flexibility index (Phi) is 6.20. The lowest BCUT2D eigenvalue weighted by Gasteiger charge is -2.08. The average molecular weight is 440 g/mol. The number of nitrogens with one attached hydrogen (secondary N) is 1. The van der Waals surface area contributed by atoms with Gasteiger partial charge in [-0.3, -0.25) is 4.79 Å². The van der Waals surface area contributed by atoms with Crippen molar-refractivity contribution in [2.75, 3.05) is 7.11 Å². The van der Waals surface area contributed by atoms with Crippen molar-refractivity contribution in [3.8, 4) is 11.6 Å². The van der Waals surface area contributed by atoms with Crippen molar-refractivity contribution in [3.63, 3.8) is 0 Å². The van der Waals surface area contributed by atoms with Crippen molar-refractivity contribution in [1.29, 1.82) is 0 Å². The summed E-state index contributed by atoms with van der Waals surface area (Å²) in [5.74, 6) is -0.435. The minimum absolute atomic E-state index is 0.136. The third-order valence-corrected chi connectivity index (χ3v) is 5.72. The molecule has 2 aromatic heterocycles. The number of fused-ring (bicyclic) bond motifs is 1. The van der Waals surface area contributed by atoms with Crippen LogP contribution in [-0.2, 0) is 17.9 Å². The second-order valence-electron chi connectivity index (χ2n) is 6.70. The van der Waals surface area contributed by atoms with E-state index < -0.39 is 5.82 Å². The van der Waals surface area contributed by atoms with Gasteiger partial charge in [-0.25, -0.2) is 13.8 Å². The van der Waals surface area contributed by atoms with E-state index in [1.807, 2.05) is 0 Å². The monoisotopic (exact) mass is 440 g/mol. The molecule has 0 bridgehead atoms. The van der Waals surface area contributed by atoms with Crippen molar-refractivity contribution in [2.24, 2.45) is 0 Å². The molecule has 0 saturated carbocycles. The predicted molar refractivity (Wildman–Crippen MR) is 114 cm³/mol. The van der Waals surface area contributed by atoms with Crippen molar-refractivity contribution in [2.45, 2.75) is 13.2 Å². The zero-order valence-corrected chi connectivity index (χ0v) is 17.3. The lowest BCUT2D eigenvalue weighted by Crippen LogP contribution is -2.23. The molecular weight excluding hydrogens is 422 g/mol. The highest BCUT2D eigenvalue weighted by Crippen LogP contribution is 2.33. The Morgan fingerprint density at radius 1 is 1.13 bits per heavy atom. The molecule has 0 saturated heterocycles. The molecule has 4 rings (SSSR count). The summed E-state index contributed by atoms with van der Waals surface area (Å²) < 4.78 is 38.9. The number of amides is 1. The molecule has 2 heterocycles. The normalized spacial score (nSPS) is 10.9. The van der Waals surface area contributed by atoms with Crippen LogP contribution in [0, 0.1) is 11.6 Å². The maximum Gasteiger partial charge on any atom is 0.262 e. The molecule has 0 fully saturated rings.